The highest BCUT2D eigenvalue weighted by atomic mass is 35.5. The maximum Gasteiger partial charge on any atom is 0.120 e. The Hall–Kier alpha value is -0.730. The van der Waals surface area contributed by atoms with Crippen molar-refractivity contribution in [3.63, 3.8) is 0 Å². The third kappa shape index (κ3) is 4.37. The Labute approximate surface area is 134 Å². The van der Waals surface area contributed by atoms with Gasteiger partial charge >= 0.3 is 0 Å². The molecule has 0 aromatic heterocycles. The van der Waals surface area contributed by atoms with Crippen molar-refractivity contribution in [2.24, 2.45) is 11.8 Å². The van der Waals surface area contributed by atoms with Crippen LogP contribution in [-0.4, -0.2) is 18.7 Å². The molecule has 0 aliphatic heterocycles. The van der Waals surface area contributed by atoms with Gasteiger partial charge in [-0.1, -0.05) is 32.4 Å². The van der Waals surface area contributed by atoms with Gasteiger partial charge in [0.05, 0.1) is 0 Å². The first kappa shape index (κ1) is 16.6. The van der Waals surface area contributed by atoms with Gasteiger partial charge in [-0.3, -0.25) is 0 Å². The molecule has 0 bridgehead atoms. The molecule has 0 amide bonds. The van der Waals surface area contributed by atoms with E-state index >= 15 is 0 Å². The van der Waals surface area contributed by atoms with Crippen molar-refractivity contribution in [1.82, 2.24) is 5.32 Å². The van der Waals surface area contributed by atoms with Gasteiger partial charge in [0.2, 0.25) is 0 Å². The van der Waals surface area contributed by atoms with Crippen LogP contribution < -0.4 is 10.1 Å². The average molecular weight is 310 g/mol. The third-order valence-corrected chi connectivity index (χ3v) is 4.87. The minimum atomic E-state index is 0.244. The zero-order chi connectivity index (χ0) is 15.4. The molecule has 1 aromatic carbocycles. The third-order valence-electron chi connectivity index (χ3n) is 4.45. The Balaban J connectivity index is 2.10. The topological polar surface area (TPSA) is 21.3 Å². The lowest BCUT2D eigenvalue weighted by Crippen LogP contribution is -2.51. The molecule has 0 heterocycles. The first-order chi connectivity index (χ1) is 10.0. The Morgan fingerprint density at radius 3 is 2.71 bits per heavy atom. The smallest absolute Gasteiger partial charge is 0.120 e. The molecule has 1 fully saturated rings. The lowest BCUT2D eigenvalue weighted by atomic mass is 9.78. The molecular weight excluding hydrogens is 282 g/mol. The monoisotopic (exact) mass is 309 g/mol. The van der Waals surface area contributed by atoms with Crippen LogP contribution >= 0.6 is 11.6 Å². The van der Waals surface area contributed by atoms with Gasteiger partial charge in [-0.05, 0) is 68.3 Å². The lowest BCUT2D eigenvalue weighted by Gasteiger charge is -2.40. The molecule has 2 rings (SSSR count). The van der Waals surface area contributed by atoms with Crippen molar-refractivity contribution in [3.8, 4) is 5.75 Å². The van der Waals surface area contributed by atoms with E-state index in [4.69, 9.17) is 16.3 Å². The SMILES string of the molecule is CCCNC1CC(C)CC(C)C1Oc1ccc(Cl)c(C)c1. The van der Waals surface area contributed by atoms with Crippen molar-refractivity contribution in [2.75, 3.05) is 6.54 Å². The largest absolute Gasteiger partial charge is 0.489 e. The molecule has 21 heavy (non-hydrogen) atoms. The average Bonchev–Trinajstić information content (AvgIpc) is 2.43. The van der Waals surface area contributed by atoms with Crippen LogP contribution in [0, 0.1) is 18.8 Å². The van der Waals surface area contributed by atoms with Crippen molar-refractivity contribution in [2.45, 2.75) is 59.1 Å². The summed E-state index contributed by atoms with van der Waals surface area (Å²) in [5.41, 5.74) is 1.07. The molecule has 0 saturated heterocycles. The number of halogens is 1. The van der Waals surface area contributed by atoms with Crippen LogP contribution in [0.3, 0.4) is 0 Å². The van der Waals surface area contributed by atoms with Crippen LogP contribution in [0.15, 0.2) is 18.2 Å². The molecule has 118 valence electrons. The maximum absolute atomic E-state index is 6.34. The van der Waals surface area contributed by atoms with E-state index < -0.39 is 0 Å². The summed E-state index contributed by atoms with van der Waals surface area (Å²) in [7, 11) is 0. The van der Waals surface area contributed by atoms with E-state index in [1.54, 1.807) is 0 Å². The molecule has 3 heteroatoms. The summed E-state index contributed by atoms with van der Waals surface area (Å²) >= 11 is 6.10. The number of nitrogens with one attached hydrogen (secondary N) is 1. The number of aryl methyl sites for hydroxylation is 1. The van der Waals surface area contributed by atoms with Crippen molar-refractivity contribution in [1.29, 1.82) is 0 Å². The Kier molecular flexibility index (Phi) is 5.95. The predicted molar refractivity (Wildman–Crippen MR) is 90.2 cm³/mol. The highest BCUT2D eigenvalue weighted by Gasteiger charge is 2.35. The number of hydrogen-bond acceptors (Lipinski definition) is 2. The zero-order valence-corrected chi connectivity index (χ0v) is 14.4. The second kappa shape index (κ2) is 7.51. The van der Waals surface area contributed by atoms with Gasteiger partial charge in [-0.25, -0.2) is 0 Å². The minimum Gasteiger partial charge on any atom is -0.489 e. The molecule has 0 spiro atoms. The molecule has 1 aliphatic rings. The fourth-order valence-electron chi connectivity index (χ4n) is 3.40. The minimum absolute atomic E-state index is 0.244. The van der Waals surface area contributed by atoms with E-state index in [1.165, 1.54) is 12.8 Å². The summed E-state index contributed by atoms with van der Waals surface area (Å²) in [6, 6.07) is 6.40. The first-order valence-electron chi connectivity index (χ1n) is 8.17. The molecule has 2 nitrogen and oxygen atoms in total. The Bertz CT molecular complexity index is 463. The molecule has 4 unspecified atom stereocenters. The molecule has 1 saturated carbocycles. The number of ether oxygens (including phenoxy) is 1. The number of hydrogen-bond donors (Lipinski definition) is 1. The van der Waals surface area contributed by atoms with Crippen LogP contribution in [-0.2, 0) is 0 Å². The van der Waals surface area contributed by atoms with E-state index in [9.17, 15) is 0 Å². The molecule has 1 aromatic rings. The molecular formula is C18H28ClNO. The van der Waals surface area contributed by atoms with Gasteiger partial charge in [0.1, 0.15) is 11.9 Å². The normalized spacial score (nSPS) is 29.4. The van der Waals surface area contributed by atoms with Crippen LogP contribution in [0.1, 0.15) is 45.6 Å². The van der Waals surface area contributed by atoms with Crippen molar-refractivity contribution >= 4 is 11.6 Å². The zero-order valence-electron chi connectivity index (χ0n) is 13.7. The summed E-state index contributed by atoms with van der Waals surface area (Å²) in [6.45, 7) is 9.95. The highest BCUT2D eigenvalue weighted by molar-refractivity contribution is 6.31. The highest BCUT2D eigenvalue weighted by Crippen LogP contribution is 2.33. The summed E-state index contributed by atoms with van der Waals surface area (Å²) in [5, 5.41) is 4.48. The van der Waals surface area contributed by atoms with E-state index in [0.717, 1.165) is 35.2 Å². The Morgan fingerprint density at radius 2 is 2.05 bits per heavy atom. The quantitative estimate of drug-likeness (QED) is 0.841. The number of rotatable bonds is 5. The van der Waals surface area contributed by atoms with Gasteiger partial charge < -0.3 is 10.1 Å². The molecule has 4 atom stereocenters. The van der Waals surface area contributed by atoms with E-state index in [0.29, 0.717) is 12.0 Å². The molecule has 1 N–H and O–H groups in total. The van der Waals surface area contributed by atoms with E-state index in [1.807, 2.05) is 25.1 Å². The van der Waals surface area contributed by atoms with Crippen molar-refractivity contribution in [3.05, 3.63) is 28.8 Å². The van der Waals surface area contributed by atoms with Crippen LogP contribution in [0.25, 0.3) is 0 Å². The van der Waals surface area contributed by atoms with Crippen LogP contribution in [0.5, 0.6) is 5.75 Å². The van der Waals surface area contributed by atoms with Gasteiger partial charge in [-0.15, -0.1) is 0 Å². The van der Waals surface area contributed by atoms with Gasteiger partial charge in [0.25, 0.3) is 0 Å². The van der Waals surface area contributed by atoms with Gasteiger partial charge in [0.15, 0.2) is 0 Å². The van der Waals surface area contributed by atoms with Gasteiger partial charge in [-0.2, -0.15) is 0 Å². The van der Waals surface area contributed by atoms with E-state index in [2.05, 4.69) is 26.1 Å². The van der Waals surface area contributed by atoms with Crippen LogP contribution in [0.4, 0.5) is 0 Å². The predicted octanol–water partition coefficient (Wildman–Crippen LogP) is 4.83. The fourth-order valence-corrected chi connectivity index (χ4v) is 3.52. The second-order valence-corrected chi connectivity index (χ2v) is 7.02. The summed E-state index contributed by atoms with van der Waals surface area (Å²) in [6.07, 6.45) is 3.84. The summed E-state index contributed by atoms with van der Waals surface area (Å²) in [4.78, 5) is 0. The Morgan fingerprint density at radius 1 is 1.29 bits per heavy atom. The summed E-state index contributed by atoms with van der Waals surface area (Å²) < 4.78 is 6.34. The maximum atomic E-state index is 6.34. The molecule has 1 aliphatic carbocycles. The first-order valence-corrected chi connectivity index (χ1v) is 8.55. The van der Waals surface area contributed by atoms with Crippen molar-refractivity contribution < 1.29 is 4.74 Å². The van der Waals surface area contributed by atoms with Gasteiger partial charge in [0, 0.05) is 11.1 Å². The lowest BCUT2D eigenvalue weighted by molar-refractivity contribution is 0.0477. The summed E-state index contributed by atoms with van der Waals surface area (Å²) in [5.74, 6) is 2.27. The second-order valence-electron chi connectivity index (χ2n) is 6.61. The fraction of sp³-hybridized carbons (Fsp3) is 0.667. The van der Waals surface area contributed by atoms with Crippen LogP contribution in [0.2, 0.25) is 5.02 Å². The standard InChI is InChI=1S/C18H28ClNO/c1-5-8-20-17-10-12(2)9-14(4)18(17)21-15-6-7-16(19)13(3)11-15/h6-7,11-12,14,17-18,20H,5,8-10H2,1-4H3. The molecule has 0 radical (unpaired) electrons. The van der Waals surface area contributed by atoms with E-state index in [-0.39, 0.29) is 6.10 Å². The number of benzene rings is 1.